The first-order valence-corrected chi connectivity index (χ1v) is 32.6. The topological polar surface area (TPSA) is 505 Å². The van der Waals surface area contributed by atoms with Gasteiger partial charge in [0.15, 0.2) is 39.3 Å². The summed E-state index contributed by atoms with van der Waals surface area (Å²) in [6.07, 6.45) is 13.2. The van der Waals surface area contributed by atoms with E-state index in [1.54, 1.807) is 83.5 Å². The molecule has 0 aliphatic heterocycles. The number of rotatable bonds is 16. The summed E-state index contributed by atoms with van der Waals surface area (Å²) < 4.78 is 25.5. The number of nitrogen functional groups attached to an aromatic ring is 1. The van der Waals surface area contributed by atoms with Crippen molar-refractivity contribution in [2.75, 3.05) is 11.1 Å². The molecule has 5 N–H and O–H groups in total. The number of halogens is 4. The van der Waals surface area contributed by atoms with E-state index in [1.807, 2.05) is 6.92 Å². The van der Waals surface area contributed by atoms with Gasteiger partial charge in [-0.15, -0.1) is 0 Å². The summed E-state index contributed by atoms with van der Waals surface area (Å²) in [6.45, 7) is 13.0. The highest BCUT2D eigenvalue weighted by Crippen LogP contribution is 2.25. The van der Waals surface area contributed by atoms with Crippen LogP contribution in [0.4, 0.5) is 11.6 Å². The highest BCUT2D eigenvalue weighted by molar-refractivity contribution is 6.97. The highest BCUT2D eigenvalue weighted by Gasteiger charge is 2.27. The van der Waals surface area contributed by atoms with Gasteiger partial charge in [-0.1, -0.05) is 38.7 Å². The number of imidazole rings is 3. The van der Waals surface area contributed by atoms with Crippen LogP contribution in [0.2, 0.25) is 10.0 Å². The van der Waals surface area contributed by atoms with Gasteiger partial charge in [-0.3, -0.25) is 76.1 Å². The van der Waals surface area contributed by atoms with Crippen molar-refractivity contribution in [3.8, 4) is 22.5 Å². The van der Waals surface area contributed by atoms with Crippen LogP contribution in [0, 0.1) is 34.6 Å². The molecule has 13 aromatic rings. The SMILES string of the molecule is Cc1cc(Cn2c(=O)c3c(ncn3[C@@H](C)C(=O)Nc3cncc(-c4cnc(C)c(Cl)c4)n3)n(C)c2=O)no1.Cc1cc(Cn2c(=O)c3c(ncn3[C@@H](C)C(=O)O)n(C)c2=O)no1.Cc1cc(Cn2c(=O)c3c(ncn3[C@@H](C)C(=O)O)n(C)c2=O)no1.Cc1ncc(-c2cncc(N)n2)cc1Cl.O=C(Cl)C(=O)Cl. The van der Waals surface area contributed by atoms with Gasteiger partial charge >= 0.3 is 39.5 Å². The number of nitrogens with zero attached hydrogens (tertiary/aromatic N) is 21. The summed E-state index contributed by atoms with van der Waals surface area (Å²) in [4.78, 5) is 168. The van der Waals surface area contributed by atoms with E-state index >= 15 is 0 Å². The third-order valence-electron chi connectivity index (χ3n) is 15.8. The van der Waals surface area contributed by atoms with Gasteiger partial charge < -0.3 is 48.5 Å². The molecule has 43 heteroatoms. The summed E-state index contributed by atoms with van der Waals surface area (Å²) in [5.74, 6) is -0.447. The average Bonchev–Trinajstić information content (AvgIpc) is 1.65. The standard InChI is InChI=1S/C24H22ClN9O4.2C14H15N5O5.C10H9ClN4.C2Cl2O2/c1-12-5-16(31-38-12)10-33-23(36)20-21(32(4)24(33)37)28-11-34(20)14(3)22(35)30-19-9-26-8-18(29-19)15-6-17(25)13(2)27-7-15;2*1-7-4-9(16-24-7)5-18-12(20)10-11(17(3)14(18)23)15-6-19(10)8(2)13(21)22;1-6-8(11)2-7(3-14-6)9-4-13-5-10(12)15-9;3-1(5)2(4)6/h5-9,11,14H,10H2,1-4H3,(H,29,30,35);2*4,6,8H,5H2,1-3H3,(H,21,22);2-5H,1H3,(H2,12,15);/t14-;2*8-;;/m000../s1. The van der Waals surface area contributed by atoms with Crippen molar-refractivity contribution in [3.63, 3.8) is 0 Å². The van der Waals surface area contributed by atoms with E-state index in [-0.39, 0.29) is 58.9 Å². The van der Waals surface area contributed by atoms with Crippen LogP contribution < -0.4 is 44.8 Å². The van der Waals surface area contributed by atoms with Crippen molar-refractivity contribution in [2.24, 2.45) is 21.1 Å². The number of carbonyl (C=O) groups is 5. The Labute approximate surface area is 618 Å². The smallest absolute Gasteiger partial charge is 0.332 e. The van der Waals surface area contributed by atoms with Crippen molar-refractivity contribution in [3.05, 3.63) is 205 Å². The molecule has 0 aliphatic carbocycles. The predicted molar refractivity (Wildman–Crippen MR) is 383 cm³/mol. The molecule has 556 valence electrons. The van der Waals surface area contributed by atoms with Gasteiger partial charge in [-0.05, 0) is 90.7 Å². The Balaban J connectivity index is 0.000000168. The fourth-order valence-electron chi connectivity index (χ4n) is 10.1. The number of fused-ring (bicyclic) bond motifs is 3. The number of nitrogens with two attached hydrogens (primary N) is 1. The lowest BCUT2D eigenvalue weighted by Gasteiger charge is -2.15. The zero-order valence-electron chi connectivity index (χ0n) is 58.0. The molecule has 0 saturated heterocycles. The van der Waals surface area contributed by atoms with E-state index < -0.39 is 80.2 Å². The Morgan fingerprint density at radius 2 is 0.822 bits per heavy atom. The number of carboxylic acid groups (broad SMARTS) is 2. The molecule has 13 heterocycles. The summed E-state index contributed by atoms with van der Waals surface area (Å²) >= 11 is 21.1. The summed E-state index contributed by atoms with van der Waals surface area (Å²) in [7, 11) is 4.44. The number of pyridine rings is 2. The second kappa shape index (κ2) is 32.9. The molecular formula is C64H61Cl4N23O16. The van der Waals surface area contributed by atoms with Crippen molar-refractivity contribution in [2.45, 2.75) is 93.1 Å². The maximum Gasteiger partial charge on any atom is 0.332 e. The van der Waals surface area contributed by atoms with Crippen LogP contribution in [0.1, 0.15) is 84.6 Å². The van der Waals surface area contributed by atoms with E-state index in [9.17, 15) is 63.0 Å². The Morgan fingerprint density at radius 1 is 0.486 bits per heavy atom. The molecule has 0 radical (unpaired) electrons. The van der Waals surface area contributed by atoms with Gasteiger partial charge in [-0.2, -0.15) is 0 Å². The van der Waals surface area contributed by atoms with E-state index in [2.05, 4.69) is 88.8 Å². The molecule has 0 fully saturated rings. The van der Waals surface area contributed by atoms with Gasteiger partial charge in [-0.25, -0.2) is 48.9 Å². The van der Waals surface area contributed by atoms with E-state index in [4.69, 9.17) is 42.5 Å². The van der Waals surface area contributed by atoms with Crippen LogP contribution in [0.3, 0.4) is 0 Å². The average molecular weight is 1550 g/mol. The lowest BCUT2D eigenvalue weighted by Crippen LogP contribution is -2.40. The molecule has 39 nitrogen and oxygen atoms in total. The maximum absolute atomic E-state index is 13.4. The summed E-state index contributed by atoms with van der Waals surface area (Å²) in [5, 5.41) is 31.3. The van der Waals surface area contributed by atoms with Crippen LogP contribution in [0.25, 0.3) is 56.0 Å². The first-order chi connectivity index (χ1) is 50.6. The van der Waals surface area contributed by atoms with Gasteiger partial charge in [0.25, 0.3) is 16.7 Å². The molecule has 3 atom stereocenters. The third kappa shape index (κ3) is 17.4. The monoisotopic (exact) mass is 1550 g/mol. The molecule has 1 amide bonds. The molecule has 0 bridgehead atoms. The largest absolute Gasteiger partial charge is 0.480 e. The molecule has 13 rings (SSSR count). The van der Waals surface area contributed by atoms with E-state index in [0.717, 1.165) is 25.0 Å². The summed E-state index contributed by atoms with van der Waals surface area (Å²) in [6, 6.07) is 5.52. The fourth-order valence-corrected chi connectivity index (χ4v) is 10.4. The normalized spacial score (nSPS) is 11.8. The molecule has 107 heavy (non-hydrogen) atoms. The first kappa shape index (κ1) is 78.4. The van der Waals surface area contributed by atoms with Gasteiger partial charge in [0.2, 0.25) is 5.91 Å². The Kier molecular flexibility index (Phi) is 24.1. The van der Waals surface area contributed by atoms with Crippen LogP contribution in [-0.2, 0) is 64.7 Å². The number of hydrogen-bond donors (Lipinski definition) is 4. The maximum atomic E-state index is 13.4. The number of carbonyl (C=O) groups excluding carboxylic acids is 3. The number of carboxylic acids is 2. The quantitative estimate of drug-likeness (QED) is 0.0756. The molecule has 0 saturated carbocycles. The highest BCUT2D eigenvalue weighted by atomic mass is 35.5. The van der Waals surface area contributed by atoms with Crippen molar-refractivity contribution >= 4 is 120 Å². The van der Waals surface area contributed by atoms with Crippen molar-refractivity contribution in [1.29, 1.82) is 0 Å². The predicted octanol–water partition coefficient (Wildman–Crippen LogP) is 4.63. The lowest BCUT2D eigenvalue weighted by atomic mass is 10.2. The van der Waals surface area contributed by atoms with Crippen LogP contribution in [0.5, 0.6) is 0 Å². The number of aryl methyl sites for hydroxylation is 8. The molecule has 0 aliphatic rings. The number of aliphatic carboxylic acids is 2. The zero-order chi connectivity index (χ0) is 78.3. The molecule has 0 aromatic carbocycles. The zero-order valence-corrected chi connectivity index (χ0v) is 61.1. The second-order valence-corrected chi connectivity index (χ2v) is 24.9. The molecule has 0 spiro atoms. The second-order valence-electron chi connectivity index (χ2n) is 23.4. The van der Waals surface area contributed by atoms with Crippen LogP contribution in [-0.4, -0.2) is 140 Å². The minimum absolute atomic E-state index is 0.0483. The number of hydrogen-bond acceptors (Lipinski definition) is 27. The lowest BCUT2D eigenvalue weighted by molar-refractivity contribution is -0.141. The molecule has 13 aromatic heterocycles. The minimum atomic E-state index is -1.14. The van der Waals surface area contributed by atoms with Crippen molar-refractivity contribution in [1.82, 2.24) is 101 Å². The van der Waals surface area contributed by atoms with Gasteiger partial charge in [0, 0.05) is 62.9 Å². The van der Waals surface area contributed by atoms with Gasteiger partial charge in [0.1, 0.15) is 58.3 Å². The molecular weight excluding hydrogens is 1490 g/mol. The van der Waals surface area contributed by atoms with E-state index in [0.29, 0.717) is 72.9 Å². The summed E-state index contributed by atoms with van der Waals surface area (Å²) in [5.41, 5.74) is 7.90. The first-order valence-electron chi connectivity index (χ1n) is 31.1. The van der Waals surface area contributed by atoms with Crippen LogP contribution >= 0.6 is 46.4 Å². The Morgan fingerprint density at radius 3 is 1.13 bits per heavy atom. The number of amides is 1. The van der Waals surface area contributed by atoms with Crippen molar-refractivity contribution < 1.29 is 47.8 Å². The number of anilines is 2. The third-order valence-corrected chi connectivity index (χ3v) is 17.1. The Hall–Kier alpha value is -12.8. The number of aromatic nitrogens is 21. The Bertz CT molecular complexity index is 5830. The van der Waals surface area contributed by atoms with Gasteiger partial charge in [0.05, 0.1) is 96.2 Å². The van der Waals surface area contributed by atoms with E-state index in [1.165, 1.54) is 100.0 Å². The number of nitrogens with one attached hydrogen (secondary N) is 1. The van der Waals surface area contributed by atoms with Crippen LogP contribution in [0.15, 0.2) is 129 Å². The fraction of sp³-hybridized carbons (Fsp3) is 0.266. The minimum Gasteiger partial charge on any atom is -0.480 e. The molecule has 0 unspecified atom stereocenters.